The van der Waals surface area contributed by atoms with E-state index in [2.05, 4.69) is 5.32 Å². The van der Waals surface area contributed by atoms with Gasteiger partial charge in [0.1, 0.15) is 17.3 Å². The van der Waals surface area contributed by atoms with Gasteiger partial charge in [-0.15, -0.1) is 0 Å². The Bertz CT molecular complexity index is 1240. The van der Waals surface area contributed by atoms with Crippen molar-refractivity contribution >= 4 is 34.8 Å². The van der Waals surface area contributed by atoms with Crippen molar-refractivity contribution in [2.75, 3.05) is 53.4 Å². The van der Waals surface area contributed by atoms with E-state index < -0.39 is 0 Å². The Kier molecular flexibility index (Phi) is 8.10. The molecule has 1 aliphatic heterocycles. The lowest BCUT2D eigenvalue weighted by molar-refractivity contribution is -0.127. The Balaban J connectivity index is 1.62. The number of fused-ring (bicyclic) bond motifs is 1. The van der Waals surface area contributed by atoms with Gasteiger partial charge >= 0.3 is 0 Å². The number of hydrogen-bond acceptors (Lipinski definition) is 8. The Hall–Kier alpha value is -4.01. The first-order valence-electron chi connectivity index (χ1n) is 11.9. The molecule has 0 bridgehead atoms. The lowest BCUT2D eigenvalue weighted by Crippen LogP contribution is -2.27. The highest BCUT2D eigenvalue weighted by molar-refractivity contribution is 5.92. The molecule has 4 rings (SSSR count). The third-order valence-corrected chi connectivity index (χ3v) is 6.09. The van der Waals surface area contributed by atoms with Crippen molar-refractivity contribution in [3.63, 3.8) is 0 Å². The van der Waals surface area contributed by atoms with E-state index >= 15 is 0 Å². The van der Waals surface area contributed by atoms with Crippen molar-refractivity contribution in [1.82, 2.24) is 14.9 Å². The summed E-state index contributed by atoms with van der Waals surface area (Å²) in [6, 6.07) is 9.36. The lowest BCUT2D eigenvalue weighted by atomic mass is 10.1. The van der Waals surface area contributed by atoms with Crippen LogP contribution in [-0.4, -0.2) is 68.8 Å². The Morgan fingerprint density at radius 1 is 0.917 bits per heavy atom. The minimum Gasteiger partial charge on any atom is -0.497 e. The van der Waals surface area contributed by atoms with Gasteiger partial charge in [0.25, 0.3) is 0 Å². The highest BCUT2D eigenvalue weighted by Crippen LogP contribution is 2.34. The average molecular weight is 493 g/mol. The molecule has 1 N–H and O–H groups in total. The number of likely N-dealkylation sites (tertiary alicyclic amines) is 1. The quantitative estimate of drug-likeness (QED) is 0.397. The molecule has 1 amide bonds. The Morgan fingerprint density at radius 3 is 2.28 bits per heavy atom. The molecule has 2 aromatic carbocycles. The van der Waals surface area contributed by atoms with Gasteiger partial charge in [0.2, 0.25) is 5.91 Å². The second-order valence-corrected chi connectivity index (χ2v) is 8.40. The number of nitrogens with zero attached hydrogens (tertiary/aromatic N) is 3. The predicted molar refractivity (Wildman–Crippen MR) is 140 cm³/mol. The molecule has 0 radical (unpaired) electrons. The van der Waals surface area contributed by atoms with Crippen molar-refractivity contribution in [1.29, 1.82) is 0 Å². The maximum absolute atomic E-state index is 11.9. The number of aromatic nitrogens is 2. The number of carbonyl (C=O) groups excluding carboxylic acids is 1. The number of anilines is 1. The standard InChI is InChI=1S/C27H32N4O5/c1-33-19-13-18(14-20(15-19)34-2)8-9-25-29-22-17-24(36-4)23(35-3)16-21(22)27(30-25)28-10-6-12-31-11-5-7-26(31)32/h8-9,13-17H,5-7,10-12H2,1-4H3,(H,28,29,30)/b9-8+. The van der Waals surface area contributed by atoms with Gasteiger partial charge in [-0.25, -0.2) is 9.97 Å². The summed E-state index contributed by atoms with van der Waals surface area (Å²) in [7, 11) is 6.44. The fourth-order valence-electron chi connectivity index (χ4n) is 4.20. The highest BCUT2D eigenvalue weighted by atomic mass is 16.5. The number of methoxy groups -OCH3 is 4. The smallest absolute Gasteiger partial charge is 0.222 e. The van der Waals surface area contributed by atoms with Gasteiger partial charge in [0.05, 0.1) is 34.0 Å². The van der Waals surface area contributed by atoms with Crippen LogP contribution in [0.25, 0.3) is 23.1 Å². The summed E-state index contributed by atoms with van der Waals surface area (Å²) in [6.45, 7) is 2.24. The molecular weight excluding hydrogens is 460 g/mol. The molecule has 9 nitrogen and oxygen atoms in total. The van der Waals surface area contributed by atoms with E-state index in [1.807, 2.05) is 47.4 Å². The molecule has 0 spiro atoms. The zero-order valence-electron chi connectivity index (χ0n) is 21.2. The molecule has 0 aliphatic carbocycles. The van der Waals surface area contributed by atoms with Gasteiger partial charge in [-0.2, -0.15) is 0 Å². The van der Waals surface area contributed by atoms with E-state index in [1.54, 1.807) is 28.4 Å². The fraction of sp³-hybridized carbons (Fsp3) is 0.370. The van der Waals surface area contributed by atoms with Crippen LogP contribution >= 0.6 is 0 Å². The second-order valence-electron chi connectivity index (χ2n) is 8.40. The number of amides is 1. The van der Waals surface area contributed by atoms with Gasteiger partial charge < -0.3 is 29.2 Å². The molecule has 9 heteroatoms. The normalized spacial score (nSPS) is 13.4. The molecule has 36 heavy (non-hydrogen) atoms. The van der Waals surface area contributed by atoms with Gasteiger partial charge in [-0.05, 0) is 42.7 Å². The van der Waals surface area contributed by atoms with Crippen molar-refractivity contribution in [2.45, 2.75) is 19.3 Å². The minimum atomic E-state index is 0.237. The molecule has 0 unspecified atom stereocenters. The van der Waals surface area contributed by atoms with E-state index in [0.29, 0.717) is 47.6 Å². The summed E-state index contributed by atoms with van der Waals surface area (Å²) >= 11 is 0. The average Bonchev–Trinajstić information content (AvgIpc) is 3.32. The molecule has 3 aromatic rings. The van der Waals surface area contributed by atoms with Crippen LogP contribution in [0.1, 0.15) is 30.7 Å². The molecule has 1 fully saturated rings. The van der Waals surface area contributed by atoms with Gasteiger partial charge in [-0.3, -0.25) is 4.79 Å². The predicted octanol–water partition coefficient (Wildman–Crippen LogP) is 4.26. The SMILES string of the molecule is COc1cc(/C=C/c2nc(NCCCN3CCCC3=O)c3cc(OC)c(OC)cc3n2)cc(OC)c1. The maximum atomic E-state index is 11.9. The molecular formula is C27H32N4O5. The van der Waals surface area contributed by atoms with E-state index in [9.17, 15) is 4.79 Å². The summed E-state index contributed by atoms with van der Waals surface area (Å²) in [5, 5.41) is 4.26. The largest absolute Gasteiger partial charge is 0.497 e. The van der Waals surface area contributed by atoms with Crippen molar-refractivity contribution in [3.05, 3.63) is 41.7 Å². The maximum Gasteiger partial charge on any atom is 0.222 e. The van der Waals surface area contributed by atoms with Crippen LogP contribution < -0.4 is 24.3 Å². The summed E-state index contributed by atoms with van der Waals surface area (Å²) in [5.41, 5.74) is 1.62. The first-order chi connectivity index (χ1) is 17.5. The summed E-state index contributed by atoms with van der Waals surface area (Å²) in [4.78, 5) is 23.3. The van der Waals surface area contributed by atoms with Crippen LogP contribution in [0.4, 0.5) is 5.82 Å². The number of ether oxygens (including phenoxy) is 4. The van der Waals surface area contributed by atoms with Crippen LogP contribution in [0.15, 0.2) is 30.3 Å². The van der Waals surface area contributed by atoms with Crippen molar-refractivity contribution in [3.8, 4) is 23.0 Å². The molecule has 190 valence electrons. The Morgan fingerprint density at radius 2 is 1.64 bits per heavy atom. The van der Waals surface area contributed by atoms with Crippen LogP contribution in [0, 0.1) is 0 Å². The summed E-state index contributed by atoms with van der Waals surface area (Å²) in [6.07, 6.45) is 6.17. The van der Waals surface area contributed by atoms with E-state index in [-0.39, 0.29) is 5.91 Å². The molecule has 2 heterocycles. The zero-order chi connectivity index (χ0) is 25.5. The zero-order valence-corrected chi connectivity index (χ0v) is 21.2. The first-order valence-corrected chi connectivity index (χ1v) is 11.9. The third kappa shape index (κ3) is 5.79. The van der Waals surface area contributed by atoms with Crippen molar-refractivity contribution < 1.29 is 23.7 Å². The van der Waals surface area contributed by atoms with E-state index in [4.69, 9.17) is 28.9 Å². The lowest BCUT2D eigenvalue weighted by Gasteiger charge is -2.16. The fourth-order valence-corrected chi connectivity index (χ4v) is 4.20. The van der Waals surface area contributed by atoms with Crippen molar-refractivity contribution in [2.24, 2.45) is 0 Å². The summed E-state index contributed by atoms with van der Waals surface area (Å²) < 4.78 is 21.7. The topological polar surface area (TPSA) is 95.0 Å². The van der Waals surface area contributed by atoms with Gasteiger partial charge in [0.15, 0.2) is 17.3 Å². The van der Waals surface area contributed by atoms with E-state index in [1.165, 1.54) is 0 Å². The minimum absolute atomic E-state index is 0.237. The molecule has 1 saturated heterocycles. The third-order valence-electron chi connectivity index (χ3n) is 6.09. The number of nitrogens with one attached hydrogen (secondary N) is 1. The number of hydrogen-bond donors (Lipinski definition) is 1. The van der Waals surface area contributed by atoms with Crippen LogP contribution in [0.3, 0.4) is 0 Å². The number of carbonyl (C=O) groups is 1. The highest BCUT2D eigenvalue weighted by Gasteiger charge is 2.19. The number of benzene rings is 2. The van der Waals surface area contributed by atoms with E-state index in [0.717, 1.165) is 42.4 Å². The van der Waals surface area contributed by atoms with Gasteiger partial charge in [-0.1, -0.05) is 6.08 Å². The first kappa shape index (κ1) is 25.1. The number of rotatable bonds is 11. The van der Waals surface area contributed by atoms with Gasteiger partial charge in [0, 0.05) is 43.6 Å². The van der Waals surface area contributed by atoms with Crippen LogP contribution in [0.5, 0.6) is 23.0 Å². The summed E-state index contributed by atoms with van der Waals surface area (Å²) in [5.74, 6) is 4.06. The monoisotopic (exact) mass is 492 g/mol. The molecule has 0 atom stereocenters. The second kappa shape index (κ2) is 11.6. The Labute approximate surface area is 211 Å². The molecule has 0 saturated carbocycles. The molecule has 1 aliphatic rings. The van der Waals surface area contributed by atoms with Crippen LogP contribution in [-0.2, 0) is 4.79 Å². The molecule has 1 aromatic heterocycles. The van der Waals surface area contributed by atoms with Crippen LogP contribution in [0.2, 0.25) is 0 Å².